The molecule has 3 aromatic heterocycles. The van der Waals surface area contributed by atoms with E-state index in [4.69, 9.17) is 0 Å². The Bertz CT molecular complexity index is 757. The van der Waals surface area contributed by atoms with Crippen LogP contribution < -0.4 is 9.80 Å². The first-order chi connectivity index (χ1) is 10.3. The van der Waals surface area contributed by atoms with Crippen LogP contribution in [0.15, 0.2) is 12.5 Å². The molecule has 0 unspecified atom stereocenters. The number of H-pyrrole nitrogens is 1. The number of piperazine rings is 1. The fourth-order valence-corrected chi connectivity index (χ4v) is 3.27. The number of anilines is 2. The Kier molecular flexibility index (Phi) is 2.92. The minimum Gasteiger partial charge on any atom is -0.352 e. The van der Waals surface area contributed by atoms with Crippen molar-refractivity contribution in [1.29, 1.82) is 0 Å². The van der Waals surface area contributed by atoms with Crippen molar-refractivity contribution in [2.75, 3.05) is 36.0 Å². The van der Waals surface area contributed by atoms with E-state index in [1.807, 2.05) is 6.92 Å². The molecule has 8 nitrogen and oxygen atoms in total. The highest BCUT2D eigenvalue weighted by molar-refractivity contribution is 7.15. The van der Waals surface area contributed by atoms with E-state index in [1.165, 1.54) is 0 Å². The topological polar surface area (TPSA) is 86.7 Å². The number of rotatable bonds is 2. The molecule has 0 aliphatic carbocycles. The van der Waals surface area contributed by atoms with Crippen molar-refractivity contribution >= 4 is 33.3 Å². The number of nitrogens with one attached hydrogen (secondary N) is 1. The normalized spacial score (nSPS) is 15.9. The van der Waals surface area contributed by atoms with E-state index < -0.39 is 0 Å². The standard InChI is InChI=1S/C12H14N8S/c1-8-16-18-12(21-8)20-4-2-19(3-5-20)11-9-6-15-17-10(9)13-7-14-11/h6-7H,2-5H2,1H3,(H,13,14,15,17). The van der Waals surface area contributed by atoms with E-state index in [1.54, 1.807) is 23.9 Å². The van der Waals surface area contributed by atoms with E-state index in [9.17, 15) is 0 Å². The Balaban J connectivity index is 1.53. The van der Waals surface area contributed by atoms with Crippen LogP contribution >= 0.6 is 11.3 Å². The summed E-state index contributed by atoms with van der Waals surface area (Å²) in [5.41, 5.74) is 0.780. The van der Waals surface area contributed by atoms with Gasteiger partial charge in [-0.25, -0.2) is 9.97 Å². The van der Waals surface area contributed by atoms with Crippen LogP contribution in [0.25, 0.3) is 11.0 Å². The molecule has 21 heavy (non-hydrogen) atoms. The lowest BCUT2D eigenvalue weighted by molar-refractivity contribution is 0.645. The van der Waals surface area contributed by atoms with Gasteiger partial charge in [-0.3, -0.25) is 5.10 Å². The first kappa shape index (κ1) is 12.5. The van der Waals surface area contributed by atoms with Crippen molar-refractivity contribution in [3.05, 3.63) is 17.5 Å². The Hall–Kier alpha value is -2.29. The summed E-state index contributed by atoms with van der Waals surface area (Å²) in [6, 6.07) is 0. The molecule has 1 aliphatic heterocycles. The molecule has 1 aliphatic rings. The average molecular weight is 302 g/mol. The van der Waals surface area contributed by atoms with E-state index in [0.29, 0.717) is 0 Å². The molecule has 0 amide bonds. The number of aromatic nitrogens is 6. The second-order valence-electron chi connectivity index (χ2n) is 4.91. The van der Waals surface area contributed by atoms with E-state index in [0.717, 1.165) is 53.2 Å². The maximum atomic E-state index is 4.42. The minimum absolute atomic E-state index is 0.780. The van der Waals surface area contributed by atoms with Gasteiger partial charge in [0.1, 0.15) is 17.2 Å². The lowest BCUT2D eigenvalue weighted by Crippen LogP contribution is -2.46. The van der Waals surface area contributed by atoms with Gasteiger partial charge in [0.2, 0.25) is 5.13 Å². The van der Waals surface area contributed by atoms with Crippen molar-refractivity contribution in [2.45, 2.75) is 6.92 Å². The van der Waals surface area contributed by atoms with Crippen LogP contribution in [0.2, 0.25) is 0 Å². The Morgan fingerprint density at radius 1 is 1.10 bits per heavy atom. The fourth-order valence-electron chi connectivity index (χ4n) is 2.53. The van der Waals surface area contributed by atoms with Gasteiger partial charge in [-0.1, -0.05) is 11.3 Å². The molecule has 1 fully saturated rings. The second kappa shape index (κ2) is 4.92. The van der Waals surface area contributed by atoms with Crippen molar-refractivity contribution in [3.63, 3.8) is 0 Å². The minimum atomic E-state index is 0.780. The van der Waals surface area contributed by atoms with Gasteiger partial charge in [-0.15, -0.1) is 10.2 Å². The Labute approximate surface area is 124 Å². The predicted molar refractivity (Wildman–Crippen MR) is 80.8 cm³/mol. The molecule has 0 spiro atoms. The highest BCUT2D eigenvalue weighted by Gasteiger charge is 2.22. The van der Waals surface area contributed by atoms with Gasteiger partial charge in [0.15, 0.2) is 5.65 Å². The van der Waals surface area contributed by atoms with Crippen LogP contribution in [-0.2, 0) is 0 Å². The predicted octanol–water partition coefficient (Wildman–Crippen LogP) is 0.839. The van der Waals surface area contributed by atoms with E-state index >= 15 is 0 Å². The summed E-state index contributed by atoms with van der Waals surface area (Å²) >= 11 is 1.64. The van der Waals surface area contributed by atoms with Crippen molar-refractivity contribution in [1.82, 2.24) is 30.4 Å². The summed E-state index contributed by atoms with van der Waals surface area (Å²) in [5, 5.41) is 18.2. The smallest absolute Gasteiger partial charge is 0.208 e. The van der Waals surface area contributed by atoms with Gasteiger partial charge in [-0.05, 0) is 6.92 Å². The maximum absolute atomic E-state index is 4.42. The lowest BCUT2D eigenvalue weighted by Gasteiger charge is -2.35. The number of aryl methyl sites for hydroxylation is 1. The first-order valence-corrected chi connectivity index (χ1v) is 7.57. The van der Waals surface area contributed by atoms with Crippen LogP contribution in [0, 0.1) is 6.92 Å². The third kappa shape index (κ3) is 2.19. The molecular formula is C12H14N8S. The van der Waals surface area contributed by atoms with Crippen LogP contribution in [-0.4, -0.2) is 56.5 Å². The number of aromatic amines is 1. The molecule has 9 heteroatoms. The number of fused-ring (bicyclic) bond motifs is 1. The molecule has 1 saturated heterocycles. The van der Waals surface area contributed by atoms with Crippen molar-refractivity contribution in [2.24, 2.45) is 0 Å². The zero-order chi connectivity index (χ0) is 14.2. The first-order valence-electron chi connectivity index (χ1n) is 6.75. The number of nitrogens with zero attached hydrogens (tertiary/aromatic N) is 7. The van der Waals surface area contributed by atoms with Crippen LogP contribution in [0.1, 0.15) is 5.01 Å². The number of hydrogen-bond acceptors (Lipinski definition) is 8. The van der Waals surface area contributed by atoms with Crippen LogP contribution in [0.4, 0.5) is 10.9 Å². The molecule has 1 N–H and O–H groups in total. The van der Waals surface area contributed by atoms with Gasteiger partial charge in [0.25, 0.3) is 0 Å². The summed E-state index contributed by atoms with van der Waals surface area (Å²) in [7, 11) is 0. The van der Waals surface area contributed by atoms with Crippen LogP contribution in [0.3, 0.4) is 0 Å². The monoisotopic (exact) mass is 302 g/mol. The SMILES string of the molecule is Cc1nnc(N2CCN(c3ncnc4[nH]ncc34)CC2)s1. The fraction of sp³-hybridized carbons (Fsp3) is 0.417. The Morgan fingerprint density at radius 2 is 1.90 bits per heavy atom. The summed E-state index contributed by atoms with van der Waals surface area (Å²) in [6.45, 7) is 5.61. The summed E-state index contributed by atoms with van der Waals surface area (Å²) < 4.78 is 0. The van der Waals surface area contributed by atoms with Gasteiger partial charge >= 0.3 is 0 Å². The summed E-state index contributed by atoms with van der Waals surface area (Å²) in [4.78, 5) is 13.1. The third-order valence-electron chi connectivity index (χ3n) is 3.59. The van der Waals surface area contributed by atoms with Gasteiger partial charge < -0.3 is 9.80 Å². The molecule has 108 valence electrons. The molecule has 0 atom stereocenters. The molecule has 0 radical (unpaired) electrons. The lowest BCUT2D eigenvalue weighted by atomic mass is 10.3. The van der Waals surface area contributed by atoms with Gasteiger partial charge in [-0.2, -0.15) is 5.10 Å². The molecule has 3 aromatic rings. The highest BCUT2D eigenvalue weighted by Crippen LogP contribution is 2.25. The van der Waals surface area contributed by atoms with Gasteiger partial charge in [0, 0.05) is 26.2 Å². The molecule has 0 aromatic carbocycles. The molecule has 4 rings (SSSR count). The number of hydrogen-bond donors (Lipinski definition) is 1. The van der Waals surface area contributed by atoms with E-state index in [-0.39, 0.29) is 0 Å². The van der Waals surface area contributed by atoms with Crippen molar-refractivity contribution in [3.8, 4) is 0 Å². The molecular weight excluding hydrogens is 288 g/mol. The highest BCUT2D eigenvalue weighted by atomic mass is 32.1. The largest absolute Gasteiger partial charge is 0.352 e. The van der Waals surface area contributed by atoms with Gasteiger partial charge in [0.05, 0.1) is 11.6 Å². The summed E-state index contributed by atoms with van der Waals surface area (Å²) in [5.74, 6) is 0.946. The quantitative estimate of drug-likeness (QED) is 0.750. The average Bonchev–Trinajstić information content (AvgIpc) is 3.15. The van der Waals surface area contributed by atoms with Crippen LogP contribution in [0.5, 0.6) is 0 Å². The third-order valence-corrected chi connectivity index (χ3v) is 4.49. The molecule has 4 heterocycles. The summed E-state index contributed by atoms with van der Waals surface area (Å²) in [6.07, 6.45) is 3.36. The van der Waals surface area contributed by atoms with E-state index in [2.05, 4.69) is 40.2 Å². The Morgan fingerprint density at radius 3 is 2.67 bits per heavy atom. The van der Waals surface area contributed by atoms with Crippen molar-refractivity contribution < 1.29 is 0 Å². The zero-order valence-electron chi connectivity index (χ0n) is 11.5. The second-order valence-corrected chi connectivity index (χ2v) is 6.07. The molecule has 0 saturated carbocycles. The zero-order valence-corrected chi connectivity index (χ0v) is 12.3. The maximum Gasteiger partial charge on any atom is 0.208 e. The molecule has 0 bridgehead atoms.